The Morgan fingerprint density at radius 1 is 1.63 bits per heavy atom. The van der Waals surface area contributed by atoms with Gasteiger partial charge in [-0.25, -0.2) is 0 Å². The van der Waals surface area contributed by atoms with Crippen molar-refractivity contribution in [2.24, 2.45) is 5.92 Å². The van der Waals surface area contributed by atoms with Gasteiger partial charge in [-0.1, -0.05) is 0 Å². The third kappa shape index (κ3) is 3.25. The Kier molecular flexibility index (Phi) is 4.06. The van der Waals surface area contributed by atoms with Gasteiger partial charge in [-0.3, -0.25) is 4.79 Å². The number of pyridine rings is 1. The molecule has 1 aliphatic heterocycles. The predicted octanol–water partition coefficient (Wildman–Crippen LogP) is 1.28. The molecule has 102 valence electrons. The second kappa shape index (κ2) is 5.75. The summed E-state index contributed by atoms with van der Waals surface area (Å²) >= 11 is 0. The molecule has 0 saturated carbocycles. The number of aryl methyl sites for hydroxylation is 1. The Morgan fingerprint density at radius 3 is 3.05 bits per heavy atom. The molecule has 0 aromatic carbocycles. The predicted molar refractivity (Wildman–Crippen MR) is 65.1 cm³/mol. The van der Waals surface area contributed by atoms with Crippen molar-refractivity contribution in [3.05, 3.63) is 27.9 Å². The van der Waals surface area contributed by atoms with Crippen molar-refractivity contribution >= 4 is 11.6 Å². The normalized spacial score (nSPS) is 18.3. The van der Waals surface area contributed by atoms with Crippen LogP contribution < -0.4 is 4.74 Å². The van der Waals surface area contributed by atoms with Gasteiger partial charge < -0.3 is 19.6 Å². The Balaban J connectivity index is 2.02. The van der Waals surface area contributed by atoms with E-state index in [1.165, 1.54) is 6.07 Å². The lowest BCUT2D eigenvalue weighted by Gasteiger charge is -2.08. The summed E-state index contributed by atoms with van der Waals surface area (Å²) < 4.78 is 10.3. The minimum absolute atomic E-state index is 0.0165. The molecular weight excluding hydrogens is 252 g/mol. The zero-order valence-electron chi connectivity index (χ0n) is 10.5. The van der Waals surface area contributed by atoms with Crippen molar-refractivity contribution in [3.63, 3.8) is 0 Å². The number of carbonyl (C=O) groups is 1. The van der Waals surface area contributed by atoms with Gasteiger partial charge in [0.2, 0.25) is 5.75 Å². The number of ketones is 1. The van der Waals surface area contributed by atoms with Crippen LogP contribution in [0.3, 0.4) is 0 Å². The van der Waals surface area contributed by atoms with Crippen molar-refractivity contribution in [1.82, 2.24) is 4.98 Å². The molecular formula is C12H14N2O5. The lowest BCUT2D eigenvalue weighted by Crippen LogP contribution is -2.22. The van der Waals surface area contributed by atoms with Crippen molar-refractivity contribution in [1.29, 1.82) is 0 Å². The largest absolute Gasteiger partial charge is 0.478 e. The summed E-state index contributed by atoms with van der Waals surface area (Å²) in [5, 5.41) is 10.8. The minimum Gasteiger partial charge on any atom is -0.478 e. The first kappa shape index (κ1) is 13.4. The van der Waals surface area contributed by atoms with Gasteiger partial charge in [-0.15, -0.1) is 0 Å². The van der Waals surface area contributed by atoms with Crippen LogP contribution in [0.25, 0.3) is 0 Å². The van der Waals surface area contributed by atoms with Gasteiger partial charge in [-0.05, 0) is 28.5 Å². The van der Waals surface area contributed by atoms with Crippen LogP contribution in [0.4, 0.5) is 5.82 Å². The highest BCUT2D eigenvalue weighted by Crippen LogP contribution is 2.24. The topological polar surface area (TPSA) is 91.6 Å². The van der Waals surface area contributed by atoms with E-state index in [0.717, 1.165) is 0 Å². The third-order valence-corrected chi connectivity index (χ3v) is 2.91. The molecule has 19 heavy (non-hydrogen) atoms. The number of hydrogen-bond acceptors (Lipinski definition) is 6. The van der Waals surface area contributed by atoms with E-state index >= 15 is 0 Å². The lowest BCUT2D eigenvalue weighted by atomic mass is 10.0. The Bertz CT molecular complexity index is 497. The van der Waals surface area contributed by atoms with Crippen molar-refractivity contribution in [3.8, 4) is 5.75 Å². The van der Waals surface area contributed by atoms with E-state index in [1.807, 2.05) is 0 Å². The number of aromatic nitrogens is 1. The molecule has 1 fully saturated rings. The maximum Gasteiger partial charge on any atom is 0.406 e. The van der Waals surface area contributed by atoms with E-state index in [2.05, 4.69) is 4.98 Å². The van der Waals surface area contributed by atoms with E-state index in [1.54, 1.807) is 13.0 Å². The summed E-state index contributed by atoms with van der Waals surface area (Å²) in [7, 11) is 0. The molecule has 7 heteroatoms. The van der Waals surface area contributed by atoms with Gasteiger partial charge in [0.1, 0.15) is 12.3 Å². The van der Waals surface area contributed by atoms with Crippen LogP contribution in [0.5, 0.6) is 5.75 Å². The number of ether oxygens (including phenoxy) is 2. The minimum atomic E-state index is -0.620. The number of hydrogen-bond donors (Lipinski definition) is 0. The smallest absolute Gasteiger partial charge is 0.406 e. The maximum absolute atomic E-state index is 11.8. The zero-order valence-corrected chi connectivity index (χ0v) is 10.5. The Morgan fingerprint density at radius 2 is 2.42 bits per heavy atom. The van der Waals surface area contributed by atoms with E-state index in [9.17, 15) is 14.9 Å². The molecule has 1 saturated heterocycles. The molecule has 1 atom stereocenters. The van der Waals surface area contributed by atoms with E-state index in [-0.39, 0.29) is 29.9 Å². The highest BCUT2D eigenvalue weighted by atomic mass is 16.6. The van der Waals surface area contributed by atoms with E-state index in [4.69, 9.17) is 9.47 Å². The highest BCUT2D eigenvalue weighted by molar-refractivity contribution is 5.82. The van der Waals surface area contributed by atoms with Gasteiger partial charge in [-0.2, -0.15) is 0 Å². The van der Waals surface area contributed by atoms with Gasteiger partial charge >= 0.3 is 5.82 Å². The molecule has 0 aliphatic carbocycles. The van der Waals surface area contributed by atoms with Crippen LogP contribution in [0.1, 0.15) is 12.1 Å². The summed E-state index contributed by atoms with van der Waals surface area (Å²) in [6.45, 7) is 2.43. The molecule has 2 heterocycles. The first-order chi connectivity index (χ1) is 9.08. The summed E-state index contributed by atoms with van der Waals surface area (Å²) in [6, 6.07) is 3.06. The molecule has 1 aliphatic rings. The average Bonchev–Trinajstić information content (AvgIpc) is 2.90. The van der Waals surface area contributed by atoms with Crippen LogP contribution >= 0.6 is 0 Å². The second-order valence-corrected chi connectivity index (χ2v) is 4.35. The molecule has 0 amide bonds. The zero-order chi connectivity index (χ0) is 13.8. The fourth-order valence-electron chi connectivity index (χ4n) is 1.83. The number of carbonyl (C=O) groups excluding carboxylic acids is 1. The Hall–Kier alpha value is -2.02. The molecule has 0 bridgehead atoms. The molecule has 1 aromatic rings. The van der Waals surface area contributed by atoms with E-state index in [0.29, 0.717) is 25.3 Å². The summed E-state index contributed by atoms with van der Waals surface area (Å²) in [6.07, 6.45) is 0.677. The molecule has 0 N–H and O–H groups in total. The number of nitro groups is 1. The van der Waals surface area contributed by atoms with Gasteiger partial charge in [0, 0.05) is 19.4 Å². The fourth-order valence-corrected chi connectivity index (χ4v) is 1.83. The molecule has 2 rings (SSSR count). The quantitative estimate of drug-likeness (QED) is 0.589. The fraction of sp³-hybridized carbons (Fsp3) is 0.500. The van der Waals surface area contributed by atoms with Crippen LogP contribution in [0.15, 0.2) is 12.1 Å². The van der Waals surface area contributed by atoms with Crippen LogP contribution in [-0.2, 0) is 9.53 Å². The molecule has 0 radical (unpaired) electrons. The maximum atomic E-state index is 11.8. The van der Waals surface area contributed by atoms with Crippen molar-refractivity contribution < 1.29 is 19.2 Å². The Labute approximate surface area is 109 Å². The van der Waals surface area contributed by atoms with Crippen LogP contribution in [0, 0.1) is 23.0 Å². The summed E-state index contributed by atoms with van der Waals surface area (Å²) in [5.41, 5.74) is 0.523. The molecule has 7 nitrogen and oxygen atoms in total. The van der Waals surface area contributed by atoms with E-state index < -0.39 is 4.92 Å². The first-order valence-corrected chi connectivity index (χ1v) is 5.93. The standard InChI is InChI=1S/C12H14N2O5/c1-8-2-3-11(12(13-8)14(16)17)19-7-10(15)9-4-5-18-6-9/h2-3,9H,4-7H2,1H3. The number of Topliss-reactive ketones (excluding diaryl/α,β-unsaturated/α-hetero) is 1. The molecule has 1 unspecified atom stereocenters. The van der Waals surface area contributed by atoms with Gasteiger partial charge in [0.25, 0.3) is 0 Å². The van der Waals surface area contributed by atoms with Crippen LogP contribution in [0.2, 0.25) is 0 Å². The number of rotatable bonds is 5. The molecule has 1 aromatic heterocycles. The average molecular weight is 266 g/mol. The summed E-state index contributed by atoms with van der Waals surface area (Å²) in [5.74, 6) is -0.622. The molecule has 0 spiro atoms. The lowest BCUT2D eigenvalue weighted by molar-refractivity contribution is -0.390. The highest BCUT2D eigenvalue weighted by Gasteiger charge is 2.25. The van der Waals surface area contributed by atoms with Crippen molar-refractivity contribution in [2.45, 2.75) is 13.3 Å². The van der Waals surface area contributed by atoms with Gasteiger partial charge in [0.05, 0.1) is 6.61 Å². The van der Waals surface area contributed by atoms with Crippen LogP contribution in [-0.4, -0.2) is 35.5 Å². The first-order valence-electron chi connectivity index (χ1n) is 5.93. The van der Waals surface area contributed by atoms with Gasteiger partial charge in [0.15, 0.2) is 5.78 Å². The monoisotopic (exact) mass is 266 g/mol. The van der Waals surface area contributed by atoms with Crippen molar-refractivity contribution in [2.75, 3.05) is 19.8 Å². The SMILES string of the molecule is Cc1ccc(OCC(=O)C2CCOC2)c([N+](=O)[O-])n1. The second-order valence-electron chi connectivity index (χ2n) is 4.35. The summed E-state index contributed by atoms with van der Waals surface area (Å²) in [4.78, 5) is 25.8. The number of nitrogens with zero attached hydrogens (tertiary/aromatic N) is 2. The third-order valence-electron chi connectivity index (χ3n) is 2.91.